The van der Waals surface area contributed by atoms with Gasteiger partial charge in [-0.05, 0) is 12.8 Å². The Balaban J connectivity index is 1.98. The minimum absolute atomic E-state index is 0.199. The third-order valence-electron chi connectivity index (χ3n) is 2.98. The van der Waals surface area contributed by atoms with Crippen LogP contribution in [0.2, 0.25) is 0 Å². The first-order chi connectivity index (χ1) is 8.49. The average Bonchev–Trinajstić information content (AvgIpc) is 3.06. The van der Waals surface area contributed by atoms with Crippen LogP contribution < -0.4 is 0 Å². The maximum absolute atomic E-state index is 12.0. The standard InChI is InChI=1S/C12H16N2O3S/c1-7(12(16)17)5-14(2)11(15)9-6-18-10(13-9)8-3-4-8/h6-8H,3-5H2,1-2H3,(H,16,17). The zero-order chi connectivity index (χ0) is 13.3. The number of aromatic nitrogens is 1. The van der Waals surface area contributed by atoms with Gasteiger partial charge in [0.25, 0.3) is 5.91 Å². The van der Waals surface area contributed by atoms with Crippen LogP contribution in [0.1, 0.15) is 41.2 Å². The van der Waals surface area contributed by atoms with Crippen LogP contribution in [-0.2, 0) is 4.79 Å². The third kappa shape index (κ3) is 2.87. The van der Waals surface area contributed by atoms with Crippen molar-refractivity contribution in [3.8, 4) is 0 Å². The average molecular weight is 268 g/mol. The Morgan fingerprint density at radius 3 is 2.83 bits per heavy atom. The molecule has 1 N–H and O–H groups in total. The number of hydrogen-bond donors (Lipinski definition) is 1. The monoisotopic (exact) mass is 268 g/mol. The van der Waals surface area contributed by atoms with Crippen molar-refractivity contribution in [3.63, 3.8) is 0 Å². The summed E-state index contributed by atoms with van der Waals surface area (Å²) in [4.78, 5) is 28.5. The lowest BCUT2D eigenvalue weighted by atomic mass is 10.2. The second-order valence-corrected chi connectivity index (χ2v) is 5.66. The quantitative estimate of drug-likeness (QED) is 0.884. The van der Waals surface area contributed by atoms with Gasteiger partial charge < -0.3 is 10.0 Å². The minimum Gasteiger partial charge on any atom is -0.481 e. The van der Waals surface area contributed by atoms with Gasteiger partial charge in [-0.3, -0.25) is 9.59 Å². The van der Waals surface area contributed by atoms with Crippen molar-refractivity contribution < 1.29 is 14.7 Å². The zero-order valence-electron chi connectivity index (χ0n) is 10.4. The van der Waals surface area contributed by atoms with Gasteiger partial charge in [-0.25, -0.2) is 4.98 Å². The van der Waals surface area contributed by atoms with E-state index < -0.39 is 11.9 Å². The third-order valence-corrected chi connectivity index (χ3v) is 3.99. The number of rotatable bonds is 5. The number of hydrogen-bond acceptors (Lipinski definition) is 4. The van der Waals surface area contributed by atoms with E-state index in [0.29, 0.717) is 11.6 Å². The number of carboxylic acid groups (broad SMARTS) is 1. The van der Waals surface area contributed by atoms with Crippen LogP contribution >= 0.6 is 11.3 Å². The molecule has 1 fully saturated rings. The fourth-order valence-electron chi connectivity index (χ4n) is 1.67. The van der Waals surface area contributed by atoms with Gasteiger partial charge in [-0.1, -0.05) is 6.92 Å². The summed E-state index contributed by atoms with van der Waals surface area (Å²) in [6.45, 7) is 1.78. The normalized spacial score (nSPS) is 16.3. The van der Waals surface area contributed by atoms with Crippen LogP contribution in [0.25, 0.3) is 0 Å². The molecule has 5 nitrogen and oxygen atoms in total. The summed E-state index contributed by atoms with van der Waals surface area (Å²) >= 11 is 1.52. The van der Waals surface area contributed by atoms with Gasteiger partial charge in [0.1, 0.15) is 5.69 Å². The molecule has 0 spiro atoms. The first-order valence-electron chi connectivity index (χ1n) is 5.92. The molecule has 1 saturated carbocycles. The summed E-state index contributed by atoms with van der Waals surface area (Å²) in [5, 5.41) is 11.6. The maximum atomic E-state index is 12.0. The molecule has 1 aromatic heterocycles. The molecule has 6 heteroatoms. The topological polar surface area (TPSA) is 70.5 Å². The van der Waals surface area contributed by atoms with E-state index in [1.165, 1.54) is 16.2 Å². The molecule has 1 heterocycles. The van der Waals surface area contributed by atoms with E-state index in [9.17, 15) is 9.59 Å². The van der Waals surface area contributed by atoms with Crippen molar-refractivity contribution in [1.29, 1.82) is 0 Å². The van der Waals surface area contributed by atoms with Crippen LogP contribution in [-0.4, -0.2) is 40.5 Å². The van der Waals surface area contributed by atoms with Gasteiger partial charge in [-0.2, -0.15) is 0 Å². The maximum Gasteiger partial charge on any atom is 0.308 e. The van der Waals surface area contributed by atoms with E-state index in [4.69, 9.17) is 5.11 Å². The molecule has 1 atom stereocenters. The molecule has 1 aliphatic carbocycles. The number of carbonyl (C=O) groups excluding carboxylic acids is 1. The molecule has 1 aromatic rings. The molecule has 98 valence electrons. The van der Waals surface area contributed by atoms with E-state index in [0.717, 1.165) is 17.8 Å². The molecule has 0 radical (unpaired) electrons. The molecule has 0 aromatic carbocycles. The number of nitrogens with zero attached hydrogens (tertiary/aromatic N) is 2. The van der Waals surface area contributed by atoms with Gasteiger partial charge in [0.05, 0.1) is 10.9 Å². The first kappa shape index (κ1) is 13.0. The number of amides is 1. The predicted octanol–water partition coefficient (Wildman–Crippen LogP) is 1.81. The Kier molecular flexibility index (Phi) is 3.65. The fourth-order valence-corrected chi connectivity index (χ4v) is 2.64. The lowest BCUT2D eigenvalue weighted by Crippen LogP contribution is -2.33. The number of carbonyl (C=O) groups is 2. The van der Waals surface area contributed by atoms with Crippen LogP contribution in [0, 0.1) is 5.92 Å². The summed E-state index contributed by atoms with van der Waals surface area (Å²) in [6.07, 6.45) is 2.32. The second-order valence-electron chi connectivity index (χ2n) is 4.77. The molecule has 1 amide bonds. The Hall–Kier alpha value is -1.43. The molecule has 0 bridgehead atoms. The smallest absolute Gasteiger partial charge is 0.308 e. The molecule has 1 unspecified atom stereocenters. The highest BCUT2D eigenvalue weighted by molar-refractivity contribution is 7.10. The minimum atomic E-state index is -0.897. The van der Waals surface area contributed by atoms with Gasteiger partial charge in [-0.15, -0.1) is 11.3 Å². The highest BCUT2D eigenvalue weighted by Crippen LogP contribution is 2.41. The highest BCUT2D eigenvalue weighted by Gasteiger charge is 2.28. The van der Waals surface area contributed by atoms with Crippen molar-refractivity contribution >= 4 is 23.2 Å². The Morgan fingerprint density at radius 2 is 2.28 bits per heavy atom. The predicted molar refractivity (Wildman–Crippen MR) is 67.8 cm³/mol. The number of aliphatic carboxylic acids is 1. The molecular weight excluding hydrogens is 252 g/mol. The molecule has 0 aliphatic heterocycles. The summed E-state index contributed by atoms with van der Waals surface area (Å²) in [7, 11) is 1.61. The summed E-state index contributed by atoms with van der Waals surface area (Å²) in [6, 6.07) is 0. The molecular formula is C12H16N2O3S. The second kappa shape index (κ2) is 5.06. The highest BCUT2D eigenvalue weighted by atomic mass is 32.1. The van der Waals surface area contributed by atoms with Crippen molar-refractivity contribution in [2.24, 2.45) is 5.92 Å². The van der Waals surface area contributed by atoms with Crippen molar-refractivity contribution in [2.45, 2.75) is 25.7 Å². The first-order valence-corrected chi connectivity index (χ1v) is 6.80. The summed E-state index contributed by atoms with van der Waals surface area (Å²) in [5.41, 5.74) is 0.432. The SMILES string of the molecule is CC(CN(C)C(=O)c1csc(C2CC2)n1)C(=O)O. The van der Waals surface area contributed by atoms with Crippen LogP contribution in [0.3, 0.4) is 0 Å². The van der Waals surface area contributed by atoms with Crippen molar-refractivity contribution in [3.05, 3.63) is 16.1 Å². The Labute approximate surface area is 109 Å². The molecule has 1 aliphatic rings. The fraction of sp³-hybridized carbons (Fsp3) is 0.583. The van der Waals surface area contributed by atoms with Gasteiger partial charge in [0, 0.05) is 24.9 Å². The number of thiazole rings is 1. The van der Waals surface area contributed by atoms with Crippen LogP contribution in [0.15, 0.2) is 5.38 Å². The molecule has 2 rings (SSSR count). The Morgan fingerprint density at radius 1 is 1.61 bits per heavy atom. The van der Waals surface area contributed by atoms with E-state index in [1.807, 2.05) is 0 Å². The van der Waals surface area contributed by atoms with Crippen molar-refractivity contribution in [2.75, 3.05) is 13.6 Å². The van der Waals surface area contributed by atoms with Gasteiger partial charge in [0.2, 0.25) is 0 Å². The van der Waals surface area contributed by atoms with Gasteiger partial charge in [0.15, 0.2) is 0 Å². The summed E-state index contributed by atoms with van der Waals surface area (Å²) < 4.78 is 0. The van der Waals surface area contributed by atoms with Crippen LogP contribution in [0.4, 0.5) is 0 Å². The van der Waals surface area contributed by atoms with E-state index in [-0.39, 0.29) is 12.5 Å². The van der Waals surface area contributed by atoms with E-state index in [2.05, 4.69) is 4.98 Å². The largest absolute Gasteiger partial charge is 0.481 e. The molecule has 0 saturated heterocycles. The van der Waals surface area contributed by atoms with Crippen LogP contribution in [0.5, 0.6) is 0 Å². The van der Waals surface area contributed by atoms with E-state index >= 15 is 0 Å². The van der Waals surface area contributed by atoms with Crippen molar-refractivity contribution in [1.82, 2.24) is 9.88 Å². The van der Waals surface area contributed by atoms with E-state index in [1.54, 1.807) is 19.4 Å². The summed E-state index contributed by atoms with van der Waals surface area (Å²) in [5.74, 6) is -1.13. The molecule has 18 heavy (non-hydrogen) atoms. The zero-order valence-corrected chi connectivity index (χ0v) is 11.2. The lowest BCUT2D eigenvalue weighted by Gasteiger charge is -2.18. The lowest BCUT2D eigenvalue weighted by molar-refractivity contribution is -0.141. The number of carboxylic acids is 1. The Bertz CT molecular complexity index is 468. The van der Waals surface area contributed by atoms with Gasteiger partial charge >= 0.3 is 5.97 Å².